The van der Waals surface area contributed by atoms with Crippen LogP contribution in [0.3, 0.4) is 0 Å². The van der Waals surface area contributed by atoms with Gasteiger partial charge < -0.3 is 0 Å². The molecule has 6 radical (unpaired) electrons. The first-order valence-electron chi connectivity index (χ1n) is 8.65. The zero-order valence-electron chi connectivity index (χ0n) is 16.8. The minimum atomic E-state index is -1.39. The van der Waals surface area contributed by atoms with Gasteiger partial charge >= 0.3 is 209 Å². The Balaban J connectivity index is -0.000000320. The van der Waals surface area contributed by atoms with Gasteiger partial charge in [0.15, 0.2) is 0 Å². The molecular formula is C20H26O7Sn4. The van der Waals surface area contributed by atoms with Crippen molar-refractivity contribution < 1.29 is 30.3 Å². The van der Waals surface area contributed by atoms with Crippen molar-refractivity contribution >= 4 is 85.9 Å². The van der Waals surface area contributed by atoms with Gasteiger partial charge in [0.1, 0.15) is 0 Å². The summed E-state index contributed by atoms with van der Waals surface area (Å²) < 4.78 is 32.1. The van der Waals surface area contributed by atoms with Crippen molar-refractivity contribution in [1.29, 1.82) is 0 Å². The molecule has 0 bridgehead atoms. The molecule has 0 amide bonds. The van der Waals surface area contributed by atoms with Gasteiger partial charge in [-0.05, 0) is 0 Å². The van der Waals surface area contributed by atoms with Crippen LogP contribution in [-0.2, 0) is 9.23 Å². The third-order valence-electron chi connectivity index (χ3n) is 3.16. The molecule has 0 spiro atoms. The summed E-state index contributed by atoms with van der Waals surface area (Å²) in [7, 11) is 0. The quantitative estimate of drug-likeness (QED) is 0.141. The van der Waals surface area contributed by atoms with E-state index in [2.05, 4.69) is 37.5 Å². The van der Waals surface area contributed by atoms with E-state index in [0.717, 1.165) is 3.93 Å². The van der Waals surface area contributed by atoms with E-state index in [0.29, 0.717) is 7.87 Å². The van der Waals surface area contributed by atoms with Crippen LogP contribution in [0.1, 0.15) is 0 Å². The molecule has 0 fully saturated rings. The zero-order chi connectivity index (χ0) is 24.3. The van der Waals surface area contributed by atoms with Crippen molar-refractivity contribution in [3.63, 3.8) is 0 Å². The van der Waals surface area contributed by atoms with Gasteiger partial charge in [-0.3, -0.25) is 21.0 Å². The Bertz CT molecular complexity index is 569. The Labute approximate surface area is 227 Å². The van der Waals surface area contributed by atoms with Crippen LogP contribution in [0.25, 0.3) is 0 Å². The second-order valence-corrected chi connectivity index (χ2v) is 14.9. The molecule has 3 aliphatic carbocycles. The average Bonchev–Trinajstić information content (AvgIpc) is 3.63. The number of rotatable bonds is 5. The monoisotopic (exact) mass is 858 g/mol. The van der Waals surface area contributed by atoms with Gasteiger partial charge in [-0.2, -0.15) is 0 Å². The zero-order valence-corrected chi connectivity index (χ0v) is 28.2. The first-order valence-corrected chi connectivity index (χ1v) is 18.7. The fraction of sp³-hybridized carbons (Fsp3) is 0.200. The van der Waals surface area contributed by atoms with Crippen molar-refractivity contribution in [2.45, 2.75) is 15.7 Å². The SMILES string of the molecule is C=C[CH](C=C)[Sn]=[O].OO.OO.[O]=[Sn][CH]1C=CC=C1.[O]=[Sn][CH]1C=CC=C1.[Sn][CH]1C=CC=C1. The second-order valence-electron chi connectivity index (χ2n) is 5.24. The van der Waals surface area contributed by atoms with E-state index in [1.165, 1.54) is 0 Å². The van der Waals surface area contributed by atoms with Crippen LogP contribution >= 0.6 is 0 Å². The van der Waals surface area contributed by atoms with E-state index >= 15 is 0 Å². The Morgan fingerprint density at radius 3 is 1.06 bits per heavy atom. The predicted octanol–water partition coefficient (Wildman–Crippen LogP) is 4.20. The normalized spacial score (nSPS) is 14.4. The molecule has 31 heavy (non-hydrogen) atoms. The Hall–Kier alpha value is 0.355. The molecule has 0 unspecified atom stereocenters. The molecular weight excluding hydrogens is 827 g/mol. The van der Waals surface area contributed by atoms with Crippen molar-refractivity contribution in [1.82, 2.24) is 0 Å². The van der Waals surface area contributed by atoms with E-state index in [1.807, 2.05) is 48.6 Å². The van der Waals surface area contributed by atoms with Crippen molar-refractivity contribution in [2.75, 3.05) is 0 Å². The number of hydrogen-bond acceptors (Lipinski definition) is 7. The first-order chi connectivity index (χ1) is 15.1. The molecule has 0 atom stereocenters. The maximum absolute atomic E-state index is 10.2. The van der Waals surface area contributed by atoms with Crippen LogP contribution < -0.4 is 0 Å². The molecule has 0 aliphatic heterocycles. The Morgan fingerprint density at radius 1 is 0.677 bits per heavy atom. The summed E-state index contributed by atoms with van der Waals surface area (Å²) in [6.45, 7) is 6.95. The Morgan fingerprint density at radius 2 is 0.968 bits per heavy atom. The molecule has 0 aromatic carbocycles. The molecule has 4 N–H and O–H groups in total. The molecule has 164 valence electrons. The summed E-state index contributed by atoms with van der Waals surface area (Å²) in [5.41, 5.74) is 0. The summed E-state index contributed by atoms with van der Waals surface area (Å²) in [4.78, 5) is 0. The van der Waals surface area contributed by atoms with Crippen LogP contribution in [0, 0.1) is 0 Å². The van der Waals surface area contributed by atoms with E-state index in [-0.39, 0.29) is 3.93 Å². The minimum absolute atomic E-state index is 0.128. The van der Waals surface area contributed by atoms with Crippen LogP contribution in [0.4, 0.5) is 0 Å². The van der Waals surface area contributed by atoms with Gasteiger partial charge in [0.25, 0.3) is 0 Å². The summed E-state index contributed by atoms with van der Waals surface area (Å²) in [5.74, 6) is 0. The summed E-state index contributed by atoms with van der Waals surface area (Å²) in [6.07, 6.45) is 27.7. The van der Waals surface area contributed by atoms with Crippen LogP contribution in [-0.4, -0.2) is 107 Å². The maximum atomic E-state index is 10.2. The van der Waals surface area contributed by atoms with Gasteiger partial charge in [0, 0.05) is 0 Å². The van der Waals surface area contributed by atoms with E-state index in [9.17, 15) is 9.23 Å². The molecule has 0 saturated heterocycles. The summed E-state index contributed by atoms with van der Waals surface area (Å²) >= 11 is -2.32. The number of allylic oxidation sites excluding steroid dienone is 14. The van der Waals surface area contributed by atoms with E-state index in [4.69, 9.17) is 21.0 Å². The fourth-order valence-corrected chi connectivity index (χ4v) is 4.99. The van der Waals surface area contributed by atoms with Gasteiger partial charge in [0.2, 0.25) is 0 Å². The Kier molecular flexibility index (Phi) is 35.2. The molecule has 11 heteroatoms. The van der Waals surface area contributed by atoms with Gasteiger partial charge in [-0.1, -0.05) is 0 Å². The molecule has 0 aromatic heterocycles. The second kappa shape index (κ2) is 30.4. The fourth-order valence-electron chi connectivity index (χ4n) is 1.65. The van der Waals surface area contributed by atoms with Gasteiger partial charge in [0.05, 0.1) is 0 Å². The number of hydrogen-bond donors (Lipinski definition) is 4. The van der Waals surface area contributed by atoms with E-state index < -0.39 is 63.4 Å². The molecule has 3 aliphatic rings. The van der Waals surface area contributed by atoms with Crippen LogP contribution in [0.2, 0.25) is 15.7 Å². The molecule has 3 rings (SSSR count). The molecule has 0 saturated carbocycles. The first kappa shape index (κ1) is 35.9. The summed E-state index contributed by atoms with van der Waals surface area (Å²) in [5, 5.41) is 24.0. The van der Waals surface area contributed by atoms with Crippen molar-refractivity contribution in [2.24, 2.45) is 0 Å². The third-order valence-corrected chi connectivity index (χ3v) is 10.1. The molecule has 0 heterocycles. The third kappa shape index (κ3) is 24.8. The molecule has 0 aromatic rings. The van der Waals surface area contributed by atoms with Gasteiger partial charge in [-0.15, -0.1) is 0 Å². The van der Waals surface area contributed by atoms with Gasteiger partial charge in [-0.25, -0.2) is 0 Å². The summed E-state index contributed by atoms with van der Waals surface area (Å²) in [6, 6.07) is 0. The average molecular weight is 853 g/mol. The predicted molar refractivity (Wildman–Crippen MR) is 126 cm³/mol. The van der Waals surface area contributed by atoms with Crippen LogP contribution in [0.15, 0.2) is 98.2 Å². The topological polar surface area (TPSA) is 132 Å². The van der Waals surface area contributed by atoms with E-state index in [1.54, 1.807) is 34.7 Å². The van der Waals surface area contributed by atoms with Crippen LogP contribution in [0.5, 0.6) is 0 Å². The van der Waals surface area contributed by atoms with Crippen molar-refractivity contribution in [3.8, 4) is 0 Å². The molecule has 7 nitrogen and oxygen atoms in total. The standard InChI is InChI=1S/3C5H5.C5H7.2H2O2.3O.4Sn/c3*1-2-4-5-3-1;1-3-5-4-2;2*1-2;;;;;;;/h3*1-5H;3-5H,1-2H2;2*1-2H;;;;;;;. The van der Waals surface area contributed by atoms with Crippen molar-refractivity contribution in [3.05, 3.63) is 98.2 Å².